The molecule has 2 aromatic rings. The van der Waals surface area contributed by atoms with E-state index in [1.165, 1.54) is 0 Å². The predicted molar refractivity (Wildman–Crippen MR) is 84.4 cm³/mol. The fourth-order valence-corrected chi connectivity index (χ4v) is 1.90. The number of fused-ring (bicyclic) bond motifs is 1. The lowest BCUT2D eigenvalue weighted by molar-refractivity contribution is -0.123. The molecule has 110 valence electrons. The quantitative estimate of drug-likeness (QED) is 0.906. The summed E-state index contributed by atoms with van der Waals surface area (Å²) < 4.78 is 0. The Morgan fingerprint density at radius 1 is 1.33 bits per heavy atom. The molecule has 1 aromatic heterocycles. The lowest BCUT2D eigenvalue weighted by Gasteiger charge is -2.14. The molecule has 0 saturated carbocycles. The number of hydrogen-bond acceptors (Lipinski definition) is 3. The predicted octanol–water partition coefficient (Wildman–Crippen LogP) is 2.81. The number of nitrogens with zero attached hydrogens (tertiary/aromatic N) is 1. The first-order chi connectivity index (χ1) is 9.79. The normalized spacial score (nSPS) is 13.7. The van der Waals surface area contributed by atoms with Crippen molar-refractivity contribution >= 4 is 22.8 Å². The third-order valence-corrected chi connectivity index (χ3v) is 3.56. The summed E-state index contributed by atoms with van der Waals surface area (Å²) in [6.07, 6.45) is 4.81. The number of benzene rings is 1. The number of amides is 1. The molecule has 4 nitrogen and oxygen atoms in total. The molecule has 4 heteroatoms. The Balaban J connectivity index is 2.38. The number of primary amides is 1. The lowest BCUT2D eigenvalue weighted by Crippen LogP contribution is -2.29. The van der Waals surface area contributed by atoms with Crippen molar-refractivity contribution in [3.05, 3.63) is 47.8 Å². The van der Waals surface area contributed by atoms with E-state index in [-0.39, 0.29) is 5.91 Å². The number of carbonyl (C=O) groups is 1. The van der Waals surface area contributed by atoms with Gasteiger partial charge in [-0.25, -0.2) is 0 Å². The summed E-state index contributed by atoms with van der Waals surface area (Å²) >= 11 is 0. The number of hydrogen-bond donors (Lipinski definition) is 2. The maximum atomic E-state index is 11.3. The average Bonchev–Trinajstić information content (AvgIpc) is 2.44. The van der Waals surface area contributed by atoms with Crippen LogP contribution in [0, 0.1) is 5.41 Å². The molecule has 0 radical (unpaired) electrons. The molecule has 1 atom stereocenters. The van der Waals surface area contributed by atoms with Crippen LogP contribution < -0.4 is 5.73 Å². The van der Waals surface area contributed by atoms with Crippen LogP contribution in [0.25, 0.3) is 16.8 Å². The summed E-state index contributed by atoms with van der Waals surface area (Å²) in [5.74, 6) is -0.379. The zero-order chi connectivity index (χ0) is 15.6. The minimum atomic E-state index is -0.710. The molecule has 0 aliphatic carbocycles. The molecule has 0 spiro atoms. The number of rotatable bonds is 4. The molecule has 0 fully saturated rings. The van der Waals surface area contributed by atoms with E-state index in [2.05, 4.69) is 4.98 Å². The van der Waals surface area contributed by atoms with Gasteiger partial charge >= 0.3 is 0 Å². The second-order valence-electron chi connectivity index (χ2n) is 5.81. The summed E-state index contributed by atoms with van der Waals surface area (Å²) in [4.78, 5) is 15.6. The van der Waals surface area contributed by atoms with E-state index in [1.54, 1.807) is 39.1 Å². The number of pyridine rings is 1. The molecule has 0 aliphatic heterocycles. The Labute approximate surface area is 124 Å². The fourth-order valence-electron chi connectivity index (χ4n) is 1.90. The number of carbonyl (C=O) groups excluding carboxylic acids is 1. The van der Waals surface area contributed by atoms with Crippen molar-refractivity contribution in [3.63, 3.8) is 0 Å². The Morgan fingerprint density at radius 3 is 2.67 bits per heavy atom. The van der Waals surface area contributed by atoms with E-state index in [1.807, 2.05) is 24.3 Å². The molecular formula is C17H20N2O2. The topological polar surface area (TPSA) is 76.2 Å². The average molecular weight is 284 g/mol. The zero-order valence-corrected chi connectivity index (χ0v) is 12.5. The minimum absolute atomic E-state index is 0.379. The second kappa shape index (κ2) is 5.66. The van der Waals surface area contributed by atoms with Gasteiger partial charge in [-0.15, -0.1) is 0 Å². The first-order valence-corrected chi connectivity index (χ1v) is 6.86. The van der Waals surface area contributed by atoms with E-state index in [0.717, 1.165) is 22.0 Å². The molecule has 1 unspecified atom stereocenters. The summed E-state index contributed by atoms with van der Waals surface area (Å²) in [6, 6.07) is 7.69. The van der Waals surface area contributed by atoms with Gasteiger partial charge in [-0.3, -0.25) is 9.78 Å². The van der Waals surface area contributed by atoms with Crippen LogP contribution in [0.1, 0.15) is 38.1 Å². The monoisotopic (exact) mass is 284 g/mol. The Bertz CT molecular complexity index is 703. The second-order valence-corrected chi connectivity index (χ2v) is 5.81. The number of aliphatic hydroxyl groups excluding tert-OH is 1. The van der Waals surface area contributed by atoms with Gasteiger partial charge in [0, 0.05) is 11.6 Å². The van der Waals surface area contributed by atoms with Crippen LogP contribution in [0.5, 0.6) is 0 Å². The van der Waals surface area contributed by atoms with Crippen molar-refractivity contribution in [2.75, 3.05) is 0 Å². The molecule has 1 heterocycles. The number of aliphatic hydroxyl groups is 1. The maximum absolute atomic E-state index is 11.3. The van der Waals surface area contributed by atoms with E-state index in [9.17, 15) is 9.90 Å². The van der Waals surface area contributed by atoms with E-state index < -0.39 is 11.5 Å². The molecule has 1 amide bonds. The summed E-state index contributed by atoms with van der Waals surface area (Å²) in [5, 5.41) is 11.6. The third-order valence-electron chi connectivity index (χ3n) is 3.56. The molecule has 21 heavy (non-hydrogen) atoms. The molecule has 0 bridgehead atoms. The highest BCUT2D eigenvalue weighted by molar-refractivity contribution is 5.85. The van der Waals surface area contributed by atoms with Gasteiger partial charge in [-0.2, -0.15) is 0 Å². The summed E-state index contributed by atoms with van der Waals surface area (Å²) in [5.41, 5.74) is 6.24. The molecule has 1 aromatic carbocycles. The highest BCUT2D eigenvalue weighted by Gasteiger charge is 2.20. The lowest BCUT2D eigenvalue weighted by atomic mass is 9.92. The van der Waals surface area contributed by atoms with Gasteiger partial charge in [0.2, 0.25) is 5.91 Å². The standard InChI is InChI=1S/C17H20N2O2/c1-11(20)12-4-5-13-10-19-15(9-14(13)8-12)6-7-17(2,3)16(18)21/h4-11,20H,1-3H3,(H2,18,21). The Hall–Kier alpha value is -2.20. The smallest absolute Gasteiger partial charge is 0.226 e. The molecule has 0 saturated heterocycles. The van der Waals surface area contributed by atoms with Crippen LogP contribution in [0.4, 0.5) is 0 Å². The van der Waals surface area contributed by atoms with Crippen molar-refractivity contribution in [2.45, 2.75) is 26.9 Å². The minimum Gasteiger partial charge on any atom is -0.389 e. The molecule has 3 N–H and O–H groups in total. The van der Waals surface area contributed by atoms with Gasteiger partial charge in [0.1, 0.15) is 0 Å². The molecule has 2 rings (SSSR count). The van der Waals surface area contributed by atoms with Crippen molar-refractivity contribution in [1.82, 2.24) is 4.98 Å². The van der Waals surface area contributed by atoms with Crippen LogP contribution >= 0.6 is 0 Å². The number of aromatic nitrogens is 1. The molecular weight excluding hydrogens is 264 g/mol. The summed E-state index contributed by atoms with van der Waals surface area (Å²) in [6.45, 7) is 5.26. The fraction of sp³-hybridized carbons (Fsp3) is 0.294. The van der Waals surface area contributed by atoms with Crippen LogP contribution in [0.3, 0.4) is 0 Å². The zero-order valence-electron chi connectivity index (χ0n) is 12.5. The largest absolute Gasteiger partial charge is 0.389 e. The van der Waals surface area contributed by atoms with Crippen LogP contribution in [0.15, 0.2) is 36.5 Å². The van der Waals surface area contributed by atoms with Crippen LogP contribution in [-0.2, 0) is 4.79 Å². The van der Waals surface area contributed by atoms with E-state index in [0.29, 0.717) is 0 Å². The van der Waals surface area contributed by atoms with Gasteiger partial charge in [0.05, 0.1) is 17.2 Å². The van der Waals surface area contributed by atoms with Gasteiger partial charge < -0.3 is 10.8 Å². The van der Waals surface area contributed by atoms with Gasteiger partial charge in [0.25, 0.3) is 0 Å². The Kier molecular flexibility index (Phi) is 4.09. The highest BCUT2D eigenvalue weighted by atomic mass is 16.3. The van der Waals surface area contributed by atoms with Gasteiger partial charge in [-0.1, -0.05) is 18.2 Å². The van der Waals surface area contributed by atoms with Crippen molar-refractivity contribution in [3.8, 4) is 0 Å². The first-order valence-electron chi connectivity index (χ1n) is 6.86. The number of nitrogens with two attached hydrogens (primary N) is 1. The van der Waals surface area contributed by atoms with E-state index in [4.69, 9.17) is 5.73 Å². The van der Waals surface area contributed by atoms with Crippen LogP contribution in [-0.4, -0.2) is 16.0 Å². The van der Waals surface area contributed by atoms with Crippen LogP contribution in [0.2, 0.25) is 0 Å². The van der Waals surface area contributed by atoms with Crippen molar-refractivity contribution in [2.24, 2.45) is 11.1 Å². The van der Waals surface area contributed by atoms with Gasteiger partial charge in [0.15, 0.2) is 0 Å². The highest BCUT2D eigenvalue weighted by Crippen LogP contribution is 2.22. The Morgan fingerprint density at radius 2 is 2.05 bits per heavy atom. The molecule has 0 aliphatic rings. The maximum Gasteiger partial charge on any atom is 0.226 e. The third kappa shape index (κ3) is 3.47. The van der Waals surface area contributed by atoms with Crippen molar-refractivity contribution < 1.29 is 9.90 Å². The SMILES string of the molecule is CC(O)c1ccc2cnc(C=CC(C)(C)C(N)=O)cc2c1. The van der Waals surface area contributed by atoms with E-state index >= 15 is 0 Å². The van der Waals surface area contributed by atoms with Crippen molar-refractivity contribution in [1.29, 1.82) is 0 Å². The van der Waals surface area contributed by atoms with Gasteiger partial charge in [-0.05, 0) is 49.9 Å². The summed E-state index contributed by atoms with van der Waals surface area (Å²) in [7, 11) is 0. The first kappa shape index (κ1) is 15.2.